The Labute approximate surface area is 266 Å². The topological polar surface area (TPSA) is 82.3 Å². The molecular formula is C33H37F3N8O2. The number of piperazine rings is 1. The number of likely N-dealkylation sites (N-methyl/N-ethyl adjacent to an activating group) is 1. The minimum absolute atomic E-state index is 0.0138. The van der Waals surface area contributed by atoms with Gasteiger partial charge in [-0.2, -0.15) is 9.97 Å². The van der Waals surface area contributed by atoms with Crippen molar-refractivity contribution in [3.63, 3.8) is 0 Å². The fraction of sp³-hybridized carbons (Fsp3) is 0.485. The minimum Gasteiger partial charge on any atom is -0.462 e. The largest absolute Gasteiger partial charge is 0.462 e. The lowest BCUT2D eigenvalue weighted by atomic mass is 9.87. The van der Waals surface area contributed by atoms with Gasteiger partial charge in [-0.3, -0.25) is 14.7 Å². The summed E-state index contributed by atoms with van der Waals surface area (Å²) in [5.74, 6) is -3.78. The van der Waals surface area contributed by atoms with Crippen LogP contribution in [-0.4, -0.2) is 102 Å². The SMILES string of the molecule is [C-]#[N+]C[C@H]1CN(c2nc(OCCN(C)C3CC(F)(F)C3)nc3c2CCN(c2cncc4cccc(C)c24)C3)CCN1C(=O)C(=C)F. The zero-order chi connectivity index (χ0) is 32.6. The highest BCUT2D eigenvalue weighted by molar-refractivity contribution is 5.96. The second kappa shape index (κ2) is 12.7. The van der Waals surface area contributed by atoms with Gasteiger partial charge in [-0.1, -0.05) is 24.8 Å². The van der Waals surface area contributed by atoms with Gasteiger partial charge in [-0.15, -0.1) is 0 Å². The first-order valence-electron chi connectivity index (χ1n) is 15.5. The number of pyridine rings is 1. The van der Waals surface area contributed by atoms with Gasteiger partial charge in [-0.25, -0.2) is 19.7 Å². The lowest BCUT2D eigenvalue weighted by molar-refractivity contribution is -0.131. The van der Waals surface area contributed by atoms with Crippen LogP contribution in [0.1, 0.15) is 29.7 Å². The van der Waals surface area contributed by atoms with Crippen LogP contribution in [0.25, 0.3) is 15.6 Å². The number of hydrogen-bond acceptors (Lipinski definition) is 8. The highest BCUT2D eigenvalue weighted by Gasteiger charge is 2.46. The summed E-state index contributed by atoms with van der Waals surface area (Å²) < 4.78 is 46.7. The number of alkyl halides is 2. The molecule has 0 spiro atoms. The molecule has 242 valence electrons. The first-order chi connectivity index (χ1) is 22.0. The van der Waals surface area contributed by atoms with E-state index in [1.165, 1.54) is 4.90 Å². The number of halogens is 3. The van der Waals surface area contributed by atoms with Crippen molar-refractivity contribution in [2.24, 2.45) is 0 Å². The van der Waals surface area contributed by atoms with E-state index in [0.717, 1.165) is 33.3 Å². The third-order valence-electron chi connectivity index (χ3n) is 9.28. The predicted octanol–water partition coefficient (Wildman–Crippen LogP) is 4.42. The number of carbonyl (C=O) groups excluding carboxylic acids is 1. The maximum Gasteiger partial charge on any atom is 0.318 e. The van der Waals surface area contributed by atoms with Crippen molar-refractivity contribution >= 4 is 28.2 Å². The van der Waals surface area contributed by atoms with Gasteiger partial charge < -0.3 is 24.3 Å². The Kier molecular flexibility index (Phi) is 8.74. The summed E-state index contributed by atoms with van der Waals surface area (Å²) in [7, 11) is 1.81. The molecule has 2 aliphatic heterocycles. The molecule has 0 bridgehead atoms. The summed E-state index contributed by atoms with van der Waals surface area (Å²) in [6.07, 6.45) is 4.07. The number of benzene rings is 1. The Morgan fingerprint density at radius 2 is 2.00 bits per heavy atom. The molecule has 1 atom stereocenters. The zero-order valence-electron chi connectivity index (χ0n) is 26.1. The molecule has 0 N–H and O–H groups in total. The minimum atomic E-state index is -2.60. The molecule has 10 nitrogen and oxygen atoms in total. The Bertz CT molecular complexity index is 1680. The molecular weight excluding hydrogens is 597 g/mol. The molecule has 1 saturated heterocycles. The number of carbonyl (C=O) groups is 1. The van der Waals surface area contributed by atoms with Crippen molar-refractivity contribution in [2.75, 3.05) is 62.7 Å². The van der Waals surface area contributed by atoms with E-state index in [1.54, 1.807) is 0 Å². The normalized spacial score (nSPS) is 19.5. The molecule has 6 rings (SSSR count). The highest BCUT2D eigenvalue weighted by atomic mass is 19.3. The van der Waals surface area contributed by atoms with Crippen LogP contribution in [0.3, 0.4) is 0 Å². The summed E-state index contributed by atoms with van der Waals surface area (Å²) >= 11 is 0. The van der Waals surface area contributed by atoms with Crippen LogP contribution >= 0.6 is 0 Å². The number of hydrogen-bond donors (Lipinski definition) is 0. The van der Waals surface area contributed by atoms with E-state index in [0.29, 0.717) is 45.0 Å². The van der Waals surface area contributed by atoms with Crippen molar-refractivity contribution in [3.05, 3.63) is 71.2 Å². The summed E-state index contributed by atoms with van der Waals surface area (Å²) in [5.41, 5.74) is 3.91. The smallest absolute Gasteiger partial charge is 0.318 e. The molecule has 3 aromatic rings. The molecule has 4 heterocycles. The summed E-state index contributed by atoms with van der Waals surface area (Å²) in [4.78, 5) is 37.7. The first-order valence-corrected chi connectivity index (χ1v) is 15.5. The van der Waals surface area contributed by atoms with Crippen LogP contribution < -0.4 is 14.5 Å². The van der Waals surface area contributed by atoms with Crippen LogP contribution in [0.5, 0.6) is 6.01 Å². The van der Waals surface area contributed by atoms with E-state index in [1.807, 2.05) is 41.4 Å². The molecule has 1 aromatic carbocycles. The van der Waals surface area contributed by atoms with Gasteiger partial charge >= 0.3 is 6.01 Å². The van der Waals surface area contributed by atoms with Crippen molar-refractivity contribution in [3.8, 4) is 6.01 Å². The Hall–Kier alpha value is -4.44. The highest BCUT2D eigenvalue weighted by Crippen LogP contribution is 2.40. The lowest BCUT2D eigenvalue weighted by Crippen LogP contribution is -2.57. The Balaban J connectivity index is 1.28. The molecule has 1 aliphatic carbocycles. The molecule has 0 radical (unpaired) electrons. The first kappa shape index (κ1) is 31.5. The Morgan fingerprint density at radius 3 is 2.74 bits per heavy atom. The third kappa shape index (κ3) is 6.31. The van der Waals surface area contributed by atoms with Gasteiger partial charge in [0.25, 0.3) is 11.8 Å². The summed E-state index contributed by atoms with van der Waals surface area (Å²) in [5, 5.41) is 2.19. The number of nitrogens with zero attached hydrogens (tertiary/aromatic N) is 8. The number of ether oxygens (including phenoxy) is 1. The van der Waals surface area contributed by atoms with Gasteiger partial charge in [0.1, 0.15) is 18.5 Å². The number of aryl methyl sites for hydroxylation is 1. The standard InChI is InChI=1S/C33H37F3N8O2/c1-21-6-5-7-23-16-38-18-28(29(21)23)42-9-8-26-27(20-42)39-32(46-13-12-41(4)24-14-33(35,36)15-24)40-30(26)43-10-11-44(31(45)22(2)34)25(19-43)17-37-3/h5-7,16,18,24-25H,2,8-15,17,19-20H2,1,4H3/t25-/m0/s1. The molecule has 2 fully saturated rings. The predicted molar refractivity (Wildman–Crippen MR) is 169 cm³/mol. The molecule has 46 heavy (non-hydrogen) atoms. The van der Waals surface area contributed by atoms with Gasteiger partial charge in [0.15, 0.2) is 5.83 Å². The fourth-order valence-electron chi connectivity index (χ4n) is 6.70. The summed E-state index contributed by atoms with van der Waals surface area (Å²) in [6.45, 7) is 15.4. The van der Waals surface area contributed by atoms with E-state index in [9.17, 15) is 18.0 Å². The monoisotopic (exact) mass is 634 g/mol. The number of amides is 1. The number of rotatable bonds is 9. The quantitative estimate of drug-likeness (QED) is 0.253. The van der Waals surface area contributed by atoms with Gasteiger partial charge in [-0.05, 0) is 26.0 Å². The molecule has 13 heteroatoms. The van der Waals surface area contributed by atoms with E-state index < -0.39 is 23.7 Å². The zero-order valence-corrected chi connectivity index (χ0v) is 26.1. The van der Waals surface area contributed by atoms with Crippen LogP contribution in [0.15, 0.2) is 43.0 Å². The van der Waals surface area contributed by atoms with Crippen molar-refractivity contribution in [1.29, 1.82) is 0 Å². The van der Waals surface area contributed by atoms with Gasteiger partial charge in [0, 0.05) is 74.1 Å². The van der Waals surface area contributed by atoms with Crippen molar-refractivity contribution < 1.29 is 22.7 Å². The van der Waals surface area contributed by atoms with Crippen LogP contribution in [0.4, 0.5) is 24.7 Å². The van der Waals surface area contributed by atoms with Gasteiger partial charge in [0.2, 0.25) is 6.54 Å². The molecule has 1 saturated carbocycles. The van der Waals surface area contributed by atoms with Crippen LogP contribution in [-0.2, 0) is 17.8 Å². The Morgan fingerprint density at radius 1 is 1.20 bits per heavy atom. The summed E-state index contributed by atoms with van der Waals surface area (Å²) in [6, 6.07) is 5.59. The molecule has 3 aliphatic rings. The van der Waals surface area contributed by atoms with Crippen LogP contribution in [0.2, 0.25) is 0 Å². The van der Waals surface area contributed by atoms with E-state index in [4.69, 9.17) is 21.3 Å². The van der Waals surface area contributed by atoms with Crippen molar-refractivity contribution in [2.45, 2.75) is 50.7 Å². The van der Waals surface area contributed by atoms with Gasteiger partial charge in [0.05, 0.1) is 24.1 Å². The second-order valence-electron chi connectivity index (χ2n) is 12.3. The number of aromatic nitrogens is 3. The lowest BCUT2D eigenvalue weighted by Gasteiger charge is -2.41. The van der Waals surface area contributed by atoms with E-state index >= 15 is 0 Å². The number of anilines is 2. The average molecular weight is 635 g/mol. The van der Waals surface area contributed by atoms with Crippen LogP contribution in [0, 0.1) is 13.5 Å². The molecule has 1 amide bonds. The maximum absolute atomic E-state index is 13.8. The fourth-order valence-corrected chi connectivity index (χ4v) is 6.70. The average Bonchev–Trinajstić information content (AvgIpc) is 3.02. The maximum atomic E-state index is 13.8. The number of fused-ring (bicyclic) bond motifs is 2. The van der Waals surface area contributed by atoms with E-state index in [2.05, 4.69) is 34.3 Å². The van der Waals surface area contributed by atoms with Crippen molar-refractivity contribution in [1.82, 2.24) is 24.8 Å². The van der Waals surface area contributed by atoms with E-state index in [-0.39, 0.29) is 44.6 Å². The molecule has 2 aromatic heterocycles. The second-order valence-corrected chi connectivity index (χ2v) is 12.3. The molecule has 0 unspecified atom stereocenters. The third-order valence-corrected chi connectivity index (χ3v) is 9.28.